The van der Waals surface area contributed by atoms with E-state index in [-0.39, 0.29) is 18.4 Å². The minimum atomic E-state index is -1.15. The van der Waals surface area contributed by atoms with Gasteiger partial charge in [0.25, 0.3) is 5.91 Å². The zero-order valence-corrected chi connectivity index (χ0v) is 12.6. The molecule has 4 nitrogen and oxygen atoms in total. The molecule has 2 atom stereocenters. The van der Waals surface area contributed by atoms with E-state index in [0.717, 1.165) is 0 Å². The first kappa shape index (κ1) is 15.5. The van der Waals surface area contributed by atoms with Crippen molar-refractivity contribution in [1.82, 2.24) is 10.2 Å². The van der Waals surface area contributed by atoms with Crippen molar-refractivity contribution in [3.05, 3.63) is 35.9 Å². The fourth-order valence-electron chi connectivity index (χ4n) is 2.78. The summed E-state index contributed by atoms with van der Waals surface area (Å²) >= 11 is 0. The molecule has 0 aliphatic carbocycles. The van der Waals surface area contributed by atoms with Crippen molar-refractivity contribution < 1.29 is 14.0 Å². The largest absolute Gasteiger partial charge is 0.336 e. The van der Waals surface area contributed by atoms with Gasteiger partial charge in [-0.15, -0.1) is 0 Å². The summed E-state index contributed by atoms with van der Waals surface area (Å²) in [5.74, 6) is -0.514. The van der Waals surface area contributed by atoms with Crippen LogP contribution < -0.4 is 5.32 Å². The summed E-state index contributed by atoms with van der Waals surface area (Å²) < 4.78 is 12.9. The Morgan fingerprint density at radius 2 is 1.81 bits per heavy atom. The molecule has 1 N–H and O–H groups in total. The average Bonchev–Trinajstić information content (AvgIpc) is 2.50. The summed E-state index contributed by atoms with van der Waals surface area (Å²) in [7, 11) is 0. The molecule has 1 fully saturated rings. The van der Waals surface area contributed by atoms with Gasteiger partial charge in [0.1, 0.15) is 17.8 Å². The van der Waals surface area contributed by atoms with Crippen molar-refractivity contribution in [2.75, 3.05) is 13.2 Å². The summed E-state index contributed by atoms with van der Waals surface area (Å²) in [5.41, 5.74) is -1.45. The molecule has 0 aromatic heterocycles. The van der Waals surface area contributed by atoms with E-state index in [0.29, 0.717) is 12.0 Å². The van der Waals surface area contributed by atoms with Gasteiger partial charge in [0.15, 0.2) is 0 Å². The molecule has 2 rings (SSSR count). The third-order valence-electron chi connectivity index (χ3n) is 4.47. The lowest BCUT2D eigenvalue weighted by atomic mass is 9.81. The van der Waals surface area contributed by atoms with Gasteiger partial charge in [0.2, 0.25) is 5.91 Å². The number of hydrogen-bond donors (Lipinski definition) is 1. The van der Waals surface area contributed by atoms with Crippen LogP contribution in [0.1, 0.15) is 32.8 Å². The summed E-state index contributed by atoms with van der Waals surface area (Å²) in [5, 5.41) is 2.84. The second kappa shape index (κ2) is 5.47. The first-order valence-electron chi connectivity index (χ1n) is 7.16. The van der Waals surface area contributed by atoms with Crippen LogP contribution in [0.5, 0.6) is 0 Å². The van der Waals surface area contributed by atoms with Crippen LogP contribution in [0.2, 0.25) is 0 Å². The number of halogens is 1. The van der Waals surface area contributed by atoms with Gasteiger partial charge in [0.05, 0.1) is 6.54 Å². The minimum Gasteiger partial charge on any atom is -0.336 e. The third kappa shape index (κ3) is 2.30. The number of carbonyl (C=O) groups is 2. The number of benzene rings is 1. The van der Waals surface area contributed by atoms with Gasteiger partial charge < -0.3 is 10.2 Å². The molecular weight excluding hydrogens is 271 g/mol. The molecule has 1 aromatic carbocycles. The number of hydrogen-bond acceptors (Lipinski definition) is 2. The van der Waals surface area contributed by atoms with Gasteiger partial charge in [-0.2, -0.15) is 0 Å². The first-order valence-corrected chi connectivity index (χ1v) is 7.16. The van der Waals surface area contributed by atoms with Gasteiger partial charge in [-0.3, -0.25) is 9.59 Å². The lowest BCUT2D eigenvalue weighted by molar-refractivity contribution is -0.162. The Bertz CT molecular complexity index is 548. The maximum Gasteiger partial charge on any atom is 0.253 e. The van der Waals surface area contributed by atoms with Crippen LogP contribution in [-0.2, 0) is 15.1 Å². The lowest BCUT2D eigenvalue weighted by Gasteiger charge is -2.49. The molecule has 0 bridgehead atoms. The standard InChI is InChI=1S/C16H21FN2O2/c1-4-15(2)13(20)18-16(3,12-8-6-5-7-9-12)14(21)19(15)11-10-17/h5-9H,4,10-11H2,1-3H3,(H,18,20). The van der Waals surface area contributed by atoms with Crippen molar-refractivity contribution in [2.24, 2.45) is 0 Å². The maximum absolute atomic E-state index is 12.9. The van der Waals surface area contributed by atoms with E-state index < -0.39 is 17.8 Å². The summed E-state index contributed by atoms with van der Waals surface area (Å²) in [6, 6.07) is 9.05. The van der Waals surface area contributed by atoms with Crippen molar-refractivity contribution in [1.29, 1.82) is 0 Å². The molecule has 1 aromatic rings. The van der Waals surface area contributed by atoms with E-state index in [2.05, 4.69) is 5.32 Å². The molecular formula is C16H21FN2O2. The van der Waals surface area contributed by atoms with Gasteiger partial charge in [-0.25, -0.2) is 4.39 Å². The highest BCUT2D eigenvalue weighted by molar-refractivity contribution is 6.02. The van der Waals surface area contributed by atoms with Crippen molar-refractivity contribution in [3.63, 3.8) is 0 Å². The number of amides is 2. The predicted molar refractivity (Wildman–Crippen MR) is 78.3 cm³/mol. The number of nitrogens with one attached hydrogen (secondary N) is 1. The topological polar surface area (TPSA) is 49.4 Å². The normalized spacial score (nSPS) is 29.4. The van der Waals surface area contributed by atoms with Crippen LogP contribution in [0.25, 0.3) is 0 Å². The molecule has 21 heavy (non-hydrogen) atoms. The van der Waals surface area contributed by atoms with Crippen LogP contribution in [0, 0.1) is 0 Å². The quantitative estimate of drug-likeness (QED) is 0.922. The summed E-state index contributed by atoms with van der Waals surface area (Å²) in [6.07, 6.45) is 0.440. The highest BCUT2D eigenvalue weighted by Crippen LogP contribution is 2.34. The first-order chi connectivity index (χ1) is 9.90. The highest BCUT2D eigenvalue weighted by Gasteiger charge is 2.54. The fourth-order valence-corrected chi connectivity index (χ4v) is 2.78. The van der Waals surface area contributed by atoms with Gasteiger partial charge in [0, 0.05) is 0 Å². The molecule has 2 unspecified atom stereocenters. The van der Waals surface area contributed by atoms with Gasteiger partial charge >= 0.3 is 0 Å². The van der Waals surface area contributed by atoms with E-state index >= 15 is 0 Å². The zero-order chi connectivity index (χ0) is 15.7. The summed E-state index contributed by atoms with van der Waals surface area (Å²) in [6.45, 7) is 4.44. The van der Waals surface area contributed by atoms with Crippen LogP contribution in [-0.4, -0.2) is 35.5 Å². The Morgan fingerprint density at radius 3 is 2.33 bits per heavy atom. The van der Waals surface area contributed by atoms with E-state index in [1.54, 1.807) is 26.0 Å². The van der Waals surface area contributed by atoms with Crippen molar-refractivity contribution in [2.45, 2.75) is 38.3 Å². The average molecular weight is 292 g/mol. The Labute approximate surface area is 124 Å². The van der Waals surface area contributed by atoms with Crippen LogP contribution in [0.4, 0.5) is 4.39 Å². The van der Waals surface area contributed by atoms with Crippen molar-refractivity contribution >= 4 is 11.8 Å². The zero-order valence-electron chi connectivity index (χ0n) is 12.6. The minimum absolute atomic E-state index is 0.0704. The fraction of sp³-hybridized carbons (Fsp3) is 0.500. The molecule has 114 valence electrons. The Morgan fingerprint density at radius 1 is 1.19 bits per heavy atom. The number of alkyl halides is 1. The molecule has 1 heterocycles. The molecule has 0 radical (unpaired) electrons. The van der Waals surface area contributed by atoms with E-state index in [4.69, 9.17) is 0 Å². The van der Waals surface area contributed by atoms with E-state index in [1.807, 2.05) is 25.1 Å². The highest BCUT2D eigenvalue weighted by atomic mass is 19.1. The van der Waals surface area contributed by atoms with Crippen molar-refractivity contribution in [3.8, 4) is 0 Å². The number of carbonyl (C=O) groups excluding carboxylic acids is 2. The molecule has 0 spiro atoms. The summed E-state index contributed by atoms with van der Waals surface area (Å²) in [4.78, 5) is 26.8. The number of nitrogens with zero attached hydrogens (tertiary/aromatic N) is 1. The van der Waals surface area contributed by atoms with Gasteiger partial charge in [-0.05, 0) is 25.8 Å². The second-order valence-electron chi connectivity index (χ2n) is 5.72. The Balaban J connectivity index is 2.49. The Kier molecular flexibility index (Phi) is 4.03. The molecule has 1 aliphatic rings. The molecule has 2 amide bonds. The van der Waals surface area contributed by atoms with Crippen LogP contribution in [0.3, 0.4) is 0 Å². The lowest BCUT2D eigenvalue weighted by Crippen LogP contribution is -2.72. The smallest absolute Gasteiger partial charge is 0.253 e. The second-order valence-corrected chi connectivity index (χ2v) is 5.72. The predicted octanol–water partition coefficient (Wildman–Crippen LogP) is 2.00. The third-order valence-corrected chi connectivity index (χ3v) is 4.47. The number of piperazine rings is 1. The maximum atomic E-state index is 12.9. The SMILES string of the molecule is CCC1(C)C(=O)NC(C)(c2ccccc2)C(=O)N1CCF. The Hall–Kier alpha value is -1.91. The molecule has 1 aliphatic heterocycles. The molecule has 1 saturated heterocycles. The van der Waals surface area contributed by atoms with E-state index in [1.165, 1.54) is 4.90 Å². The molecule has 5 heteroatoms. The number of rotatable bonds is 4. The monoisotopic (exact) mass is 292 g/mol. The van der Waals surface area contributed by atoms with Gasteiger partial charge in [-0.1, -0.05) is 37.3 Å². The van der Waals surface area contributed by atoms with Crippen LogP contribution >= 0.6 is 0 Å². The van der Waals surface area contributed by atoms with E-state index in [9.17, 15) is 14.0 Å². The molecule has 0 saturated carbocycles. The van der Waals surface area contributed by atoms with Crippen LogP contribution in [0.15, 0.2) is 30.3 Å².